The molecule has 0 bridgehead atoms. The van der Waals surface area contributed by atoms with Crippen LogP contribution < -0.4 is 15.5 Å². The number of hydrogen-bond acceptors (Lipinski definition) is 5. The summed E-state index contributed by atoms with van der Waals surface area (Å²) in [7, 11) is 0. The van der Waals surface area contributed by atoms with Gasteiger partial charge in [-0.2, -0.15) is 0 Å². The largest absolute Gasteiger partial charge is 0.335 e. The zero-order chi connectivity index (χ0) is 15.4. The zero-order valence-corrected chi connectivity index (χ0v) is 12.7. The summed E-state index contributed by atoms with van der Waals surface area (Å²) >= 11 is 0. The van der Waals surface area contributed by atoms with Crippen LogP contribution in [0.1, 0.15) is 38.8 Å². The number of piperazine rings is 1. The second-order valence-electron chi connectivity index (χ2n) is 5.19. The van der Waals surface area contributed by atoms with Gasteiger partial charge in [0.25, 0.3) is 0 Å². The van der Waals surface area contributed by atoms with Gasteiger partial charge in [-0.1, -0.05) is 19.9 Å². The van der Waals surface area contributed by atoms with Crippen molar-refractivity contribution < 1.29 is 9.59 Å². The Hall–Kier alpha value is -1.95. The molecule has 2 N–H and O–H groups in total. The Morgan fingerprint density at radius 2 is 2.19 bits per heavy atom. The van der Waals surface area contributed by atoms with Crippen molar-refractivity contribution >= 4 is 17.6 Å². The summed E-state index contributed by atoms with van der Waals surface area (Å²) < 4.78 is 0. The van der Waals surface area contributed by atoms with Gasteiger partial charge in [0.15, 0.2) is 0 Å². The van der Waals surface area contributed by atoms with E-state index in [4.69, 9.17) is 0 Å². The molecule has 0 saturated carbocycles. The number of carbonyl (C=O) groups excluding carboxylic acids is 2. The second-order valence-corrected chi connectivity index (χ2v) is 5.19. The van der Waals surface area contributed by atoms with Crippen LogP contribution in [0, 0.1) is 0 Å². The van der Waals surface area contributed by atoms with Gasteiger partial charge in [0.1, 0.15) is 11.9 Å². The number of imide groups is 1. The van der Waals surface area contributed by atoms with Crippen molar-refractivity contribution in [2.75, 3.05) is 18.0 Å². The maximum atomic E-state index is 11.9. The summed E-state index contributed by atoms with van der Waals surface area (Å²) in [5.41, 5.74) is 1.08. The molecule has 2 heterocycles. The molecule has 2 atom stereocenters. The van der Waals surface area contributed by atoms with Crippen molar-refractivity contribution in [3.05, 3.63) is 23.9 Å². The molecule has 2 unspecified atom stereocenters. The van der Waals surface area contributed by atoms with Crippen LogP contribution in [0.5, 0.6) is 0 Å². The number of nitrogens with one attached hydrogen (secondary N) is 2. The van der Waals surface area contributed by atoms with Crippen LogP contribution in [-0.2, 0) is 9.59 Å². The summed E-state index contributed by atoms with van der Waals surface area (Å²) in [6.07, 6.45) is 2.43. The topological polar surface area (TPSA) is 74.3 Å². The van der Waals surface area contributed by atoms with Gasteiger partial charge in [0.05, 0.1) is 6.54 Å². The maximum absolute atomic E-state index is 11.9. The van der Waals surface area contributed by atoms with Crippen molar-refractivity contribution in [2.45, 2.75) is 39.3 Å². The monoisotopic (exact) mass is 290 g/mol. The lowest BCUT2D eigenvalue weighted by atomic mass is 10.1. The quantitative estimate of drug-likeness (QED) is 0.791. The SMILES string of the molecule is CCNC(C)c1ccc(N2CC(=O)NC(=O)C2CC)nc1. The number of anilines is 1. The third kappa shape index (κ3) is 3.39. The van der Waals surface area contributed by atoms with E-state index in [2.05, 4.69) is 29.5 Å². The standard InChI is InChI=1S/C15H22N4O2/c1-4-12-15(21)18-14(20)9-19(12)13-7-6-11(8-17-13)10(3)16-5-2/h6-8,10,12,16H,4-5,9H2,1-3H3,(H,18,20,21). The lowest BCUT2D eigenvalue weighted by Crippen LogP contribution is -2.58. The molecular formula is C15H22N4O2. The number of pyridine rings is 1. The maximum Gasteiger partial charge on any atom is 0.249 e. The van der Waals surface area contributed by atoms with Crippen molar-refractivity contribution in [2.24, 2.45) is 0 Å². The van der Waals surface area contributed by atoms with Gasteiger partial charge < -0.3 is 10.2 Å². The van der Waals surface area contributed by atoms with Crippen LogP contribution in [-0.4, -0.2) is 35.9 Å². The fourth-order valence-corrected chi connectivity index (χ4v) is 2.56. The summed E-state index contributed by atoms with van der Waals surface area (Å²) in [6.45, 7) is 7.12. The lowest BCUT2D eigenvalue weighted by Gasteiger charge is -2.34. The molecule has 6 nitrogen and oxygen atoms in total. The smallest absolute Gasteiger partial charge is 0.249 e. The Morgan fingerprint density at radius 3 is 2.76 bits per heavy atom. The highest BCUT2D eigenvalue weighted by Crippen LogP contribution is 2.20. The van der Waals surface area contributed by atoms with E-state index >= 15 is 0 Å². The average Bonchev–Trinajstić information content (AvgIpc) is 2.47. The molecule has 1 saturated heterocycles. The van der Waals surface area contributed by atoms with Crippen molar-refractivity contribution in [3.63, 3.8) is 0 Å². The number of carbonyl (C=O) groups is 2. The highest BCUT2D eigenvalue weighted by atomic mass is 16.2. The van der Waals surface area contributed by atoms with Crippen molar-refractivity contribution in [1.29, 1.82) is 0 Å². The van der Waals surface area contributed by atoms with Crippen LogP contribution >= 0.6 is 0 Å². The predicted molar refractivity (Wildman–Crippen MR) is 80.9 cm³/mol. The van der Waals surface area contributed by atoms with Gasteiger partial charge in [0.2, 0.25) is 11.8 Å². The number of amides is 2. The number of nitrogens with zero attached hydrogens (tertiary/aromatic N) is 2. The summed E-state index contributed by atoms with van der Waals surface area (Å²) in [6, 6.07) is 3.74. The summed E-state index contributed by atoms with van der Waals surface area (Å²) in [5.74, 6) is 0.134. The molecule has 0 aromatic carbocycles. The molecule has 1 aliphatic heterocycles. The molecule has 6 heteroatoms. The lowest BCUT2D eigenvalue weighted by molar-refractivity contribution is -0.132. The summed E-state index contributed by atoms with van der Waals surface area (Å²) in [4.78, 5) is 29.6. The first kappa shape index (κ1) is 15.4. The molecule has 21 heavy (non-hydrogen) atoms. The van der Waals surface area contributed by atoms with E-state index in [9.17, 15) is 9.59 Å². The van der Waals surface area contributed by atoms with Crippen LogP contribution in [0.25, 0.3) is 0 Å². The van der Waals surface area contributed by atoms with Gasteiger partial charge in [-0.3, -0.25) is 14.9 Å². The molecule has 0 spiro atoms. The highest BCUT2D eigenvalue weighted by Gasteiger charge is 2.33. The van der Waals surface area contributed by atoms with Gasteiger partial charge >= 0.3 is 0 Å². The molecule has 1 fully saturated rings. The van der Waals surface area contributed by atoms with E-state index < -0.39 is 0 Å². The zero-order valence-electron chi connectivity index (χ0n) is 12.7. The van der Waals surface area contributed by atoms with Crippen LogP contribution in [0.2, 0.25) is 0 Å². The van der Waals surface area contributed by atoms with Crippen LogP contribution in [0.3, 0.4) is 0 Å². The Kier molecular flexibility index (Phi) is 4.90. The third-order valence-electron chi connectivity index (χ3n) is 3.72. The summed E-state index contributed by atoms with van der Waals surface area (Å²) in [5, 5.41) is 5.69. The molecule has 114 valence electrons. The van der Waals surface area contributed by atoms with E-state index in [1.807, 2.05) is 19.1 Å². The predicted octanol–water partition coefficient (Wildman–Crippen LogP) is 0.993. The van der Waals surface area contributed by atoms with Gasteiger partial charge in [-0.15, -0.1) is 0 Å². The molecule has 2 amide bonds. The highest BCUT2D eigenvalue weighted by molar-refractivity contribution is 6.04. The number of hydrogen-bond donors (Lipinski definition) is 2. The fraction of sp³-hybridized carbons (Fsp3) is 0.533. The van der Waals surface area contributed by atoms with Gasteiger partial charge in [-0.05, 0) is 31.5 Å². The van der Waals surface area contributed by atoms with Gasteiger partial charge in [0, 0.05) is 12.2 Å². The van der Waals surface area contributed by atoms with Crippen LogP contribution in [0.4, 0.5) is 5.82 Å². The normalized spacial score (nSPS) is 20.3. The Morgan fingerprint density at radius 1 is 1.43 bits per heavy atom. The second kappa shape index (κ2) is 6.67. The minimum absolute atomic E-state index is 0.166. The molecule has 1 aliphatic rings. The number of rotatable bonds is 5. The minimum Gasteiger partial charge on any atom is -0.335 e. The van der Waals surface area contributed by atoms with Crippen molar-refractivity contribution in [1.82, 2.24) is 15.6 Å². The van der Waals surface area contributed by atoms with Crippen LogP contribution in [0.15, 0.2) is 18.3 Å². The molecule has 0 aliphatic carbocycles. The first-order valence-corrected chi connectivity index (χ1v) is 7.36. The first-order chi connectivity index (χ1) is 10.1. The Bertz CT molecular complexity index is 515. The number of aromatic nitrogens is 1. The van der Waals surface area contributed by atoms with Gasteiger partial charge in [-0.25, -0.2) is 4.98 Å². The Balaban J connectivity index is 2.20. The fourth-order valence-electron chi connectivity index (χ4n) is 2.56. The molecule has 0 radical (unpaired) electrons. The van der Waals surface area contributed by atoms with E-state index in [0.29, 0.717) is 12.2 Å². The van der Waals surface area contributed by atoms with E-state index in [1.165, 1.54) is 0 Å². The van der Waals surface area contributed by atoms with E-state index in [1.54, 1.807) is 11.1 Å². The third-order valence-corrected chi connectivity index (χ3v) is 3.72. The van der Waals surface area contributed by atoms with E-state index in [0.717, 1.165) is 12.1 Å². The van der Waals surface area contributed by atoms with Crippen molar-refractivity contribution in [3.8, 4) is 0 Å². The van der Waals surface area contributed by atoms with E-state index in [-0.39, 0.29) is 30.4 Å². The molecule has 1 aromatic rings. The molecule has 2 rings (SSSR count). The average molecular weight is 290 g/mol. The first-order valence-electron chi connectivity index (χ1n) is 7.36. The Labute approximate surface area is 124 Å². The minimum atomic E-state index is -0.341. The molecular weight excluding hydrogens is 268 g/mol. The molecule has 1 aromatic heterocycles.